The fourth-order valence-electron chi connectivity index (χ4n) is 1.56. The van der Waals surface area contributed by atoms with Gasteiger partial charge in [-0.1, -0.05) is 6.92 Å². The molecular formula is C13H22N2O2S. The van der Waals surface area contributed by atoms with E-state index in [9.17, 15) is 4.79 Å². The molecule has 0 unspecified atom stereocenters. The minimum Gasteiger partial charge on any atom is -0.381 e. The standard InChI is InChI=1S/C13H22N2O2S/c1-5-11(13-14-9(3)10(4)18-13)15-12(16)7-8-17-6-2/h11H,5-8H2,1-4H3,(H,15,16)/t11-/m1/s1. The molecule has 18 heavy (non-hydrogen) atoms. The van der Waals surface area contributed by atoms with Crippen LogP contribution in [-0.4, -0.2) is 24.1 Å². The van der Waals surface area contributed by atoms with Crippen LogP contribution in [0.2, 0.25) is 0 Å². The van der Waals surface area contributed by atoms with E-state index in [-0.39, 0.29) is 11.9 Å². The van der Waals surface area contributed by atoms with Crippen molar-refractivity contribution in [2.24, 2.45) is 0 Å². The molecule has 0 aromatic carbocycles. The van der Waals surface area contributed by atoms with E-state index in [1.165, 1.54) is 4.88 Å². The average molecular weight is 270 g/mol. The molecule has 0 bridgehead atoms. The zero-order valence-corrected chi connectivity index (χ0v) is 12.4. The number of nitrogens with zero attached hydrogens (tertiary/aromatic N) is 1. The van der Waals surface area contributed by atoms with Crippen molar-refractivity contribution in [1.29, 1.82) is 0 Å². The minimum atomic E-state index is 0.0246. The average Bonchev–Trinajstić information content (AvgIpc) is 2.67. The van der Waals surface area contributed by atoms with Crippen molar-refractivity contribution in [1.82, 2.24) is 10.3 Å². The molecule has 0 aliphatic heterocycles. The molecule has 1 aromatic rings. The molecule has 0 saturated heterocycles. The Morgan fingerprint density at radius 3 is 2.67 bits per heavy atom. The maximum Gasteiger partial charge on any atom is 0.222 e. The lowest BCUT2D eigenvalue weighted by atomic mass is 10.2. The van der Waals surface area contributed by atoms with E-state index in [0.717, 1.165) is 17.1 Å². The molecule has 1 aromatic heterocycles. The van der Waals surface area contributed by atoms with Gasteiger partial charge >= 0.3 is 0 Å². The number of thiazole rings is 1. The van der Waals surface area contributed by atoms with Gasteiger partial charge in [0.1, 0.15) is 5.01 Å². The lowest BCUT2D eigenvalue weighted by Crippen LogP contribution is -2.28. The summed E-state index contributed by atoms with van der Waals surface area (Å²) in [5.41, 5.74) is 1.05. The molecule has 0 radical (unpaired) electrons. The lowest BCUT2D eigenvalue weighted by Gasteiger charge is -2.14. The maximum absolute atomic E-state index is 11.7. The van der Waals surface area contributed by atoms with Crippen molar-refractivity contribution < 1.29 is 9.53 Å². The highest BCUT2D eigenvalue weighted by Crippen LogP contribution is 2.24. The summed E-state index contributed by atoms with van der Waals surface area (Å²) in [5.74, 6) is 0.0285. The number of rotatable bonds is 7. The van der Waals surface area contributed by atoms with Crippen LogP contribution in [0, 0.1) is 13.8 Å². The van der Waals surface area contributed by atoms with Crippen LogP contribution < -0.4 is 5.32 Å². The molecule has 1 heterocycles. The van der Waals surface area contributed by atoms with Crippen LogP contribution in [0.25, 0.3) is 0 Å². The molecule has 5 heteroatoms. The lowest BCUT2D eigenvalue weighted by molar-refractivity contribution is -0.122. The topological polar surface area (TPSA) is 51.2 Å². The summed E-state index contributed by atoms with van der Waals surface area (Å²) in [6, 6.07) is 0.0246. The van der Waals surface area contributed by atoms with Gasteiger partial charge in [-0.25, -0.2) is 4.98 Å². The first-order chi connectivity index (χ1) is 8.58. The first-order valence-corrected chi connectivity index (χ1v) is 7.21. The second-order valence-corrected chi connectivity index (χ2v) is 5.40. The van der Waals surface area contributed by atoms with E-state index in [2.05, 4.69) is 24.1 Å². The predicted octanol–water partition coefficient (Wildman–Crippen LogP) is 2.75. The number of carbonyl (C=O) groups excluding carboxylic acids is 1. The highest BCUT2D eigenvalue weighted by molar-refractivity contribution is 7.11. The summed E-state index contributed by atoms with van der Waals surface area (Å²) >= 11 is 1.66. The van der Waals surface area contributed by atoms with Gasteiger partial charge in [0, 0.05) is 17.9 Å². The number of nitrogens with one attached hydrogen (secondary N) is 1. The van der Waals surface area contributed by atoms with Crippen molar-refractivity contribution in [2.45, 2.75) is 46.6 Å². The summed E-state index contributed by atoms with van der Waals surface area (Å²) in [7, 11) is 0. The Bertz CT molecular complexity index is 371. The number of ether oxygens (including phenoxy) is 1. The Morgan fingerprint density at radius 2 is 2.17 bits per heavy atom. The smallest absolute Gasteiger partial charge is 0.222 e. The van der Waals surface area contributed by atoms with Crippen LogP contribution in [0.3, 0.4) is 0 Å². The first kappa shape index (κ1) is 15.1. The highest BCUT2D eigenvalue weighted by atomic mass is 32.1. The normalized spacial score (nSPS) is 12.4. The van der Waals surface area contributed by atoms with Crippen molar-refractivity contribution in [3.63, 3.8) is 0 Å². The Labute approximate surface area is 113 Å². The van der Waals surface area contributed by atoms with Gasteiger partial charge in [-0.2, -0.15) is 0 Å². The molecule has 0 aliphatic carbocycles. The number of carbonyl (C=O) groups is 1. The van der Waals surface area contributed by atoms with E-state index in [1.54, 1.807) is 11.3 Å². The Hall–Kier alpha value is -0.940. The van der Waals surface area contributed by atoms with Crippen LogP contribution in [-0.2, 0) is 9.53 Å². The molecule has 4 nitrogen and oxygen atoms in total. The van der Waals surface area contributed by atoms with Gasteiger partial charge in [-0.3, -0.25) is 4.79 Å². The highest BCUT2D eigenvalue weighted by Gasteiger charge is 2.16. The fourth-order valence-corrected chi connectivity index (χ4v) is 2.62. The summed E-state index contributed by atoms with van der Waals surface area (Å²) in [4.78, 5) is 17.5. The number of amides is 1. The van der Waals surface area contributed by atoms with Gasteiger partial charge in [0.2, 0.25) is 5.91 Å². The fraction of sp³-hybridized carbons (Fsp3) is 0.692. The van der Waals surface area contributed by atoms with Crippen LogP contribution in [0.4, 0.5) is 0 Å². The molecule has 1 atom stereocenters. The third kappa shape index (κ3) is 4.38. The monoisotopic (exact) mass is 270 g/mol. The van der Waals surface area contributed by atoms with E-state index < -0.39 is 0 Å². The Morgan fingerprint density at radius 1 is 1.44 bits per heavy atom. The van der Waals surface area contributed by atoms with E-state index >= 15 is 0 Å². The maximum atomic E-state index is 11.7. The zero-order valence-electron chi connectivity index (χ0n) is 11.6. The summed E-state index contributed by atoms with van der Waals surface area (Å²) in [6.45, 7) is 9.16. The molecule has 0 fully saturated rings. The van der Waals surface area contributed by atoms with E-state index in [1.807, 2.05) is 13.8 Å². The number of aromatic nitrogens is 1. The SMILES string of the molecule is CCOCCC(=O)N[C@H](CC)c1nc(C)c(C)s1. The third-order valence-electron chi connectivity index (χ3n) is 2.76. The van der Waals surface area contributed by atoms with Gasteiger partial charge in [-0.05, 0) is 27.2 Å². The zero-order chi connectivity index (χ0) is 13.5. The summed E-state index contributed by atoms with van der Waals surface area (Å²) in [6.07, 6.45) is 1.26. The molecule has 1 amide bonds. The van der Waals surface area contributed by atoms with E-state index in [0.29, 0.717) is 19.6 Å². The Balaban J connectivity index is 2.53. The summed E-state index contributed by atoms with van der Waals surface area (Å²) < 4.78 is 5.17. The molecule has 0 saturated carbocycles. The van der Waals surface area contributed by atoms with Gasteiger partial charge in [0.05, 0.1) is 18.3 Å². The van der Waals surface area contributed by atoms with Crippen LogP contribution >= 0.6 is 11.3 Å². The number of hydrogen-bond acceptors (Lipinski definition) is 4. The second-order valence-electron chi connectivity index (χ2n) is 4.17. The second kappa shape index (κ2) is 7.48. The number of hydrogen-bond donors (Lipinski definition) is 1. The first-order valence-electron chi connectivity index (χ1n) is 6.39. The van der Waals surface area contributed by atoms with Crippen LogP contribution in [0.15, 0.2) is 0 Å². The van der Waals surface area contributed by atoms with Gasteiger partial charge in [0.25, 0.3) is 0 Å². The van der Waals surface area contributed by atoms with Gasteiger partial charge in [0.15, 0.2) is 0 Å². The van der Waals surface area contributed by atoms with E-state index in [4.69, 9.17) is 4.74 Å². The molecule has 0 aliphatic rings. The number of aryl methyl sites for hydroxylation is 2. The summed E-state index contributed by atoms with van der Waals surface area (Å²) in [5, 5.41) is 4.01. The van der Waals surface area contributed by atoms with Crippen molar-refractivity contribution in [3.8, 4) is 0 Å². The minimum absolute atomic E-state index is 0.0246. The molecule has 1 N–H and O–H groups in total. The van der Waals surface area contributed by atoms with Gasteiger partial charge < -0.3 is 10.1 Å². The predicted molar refractivity (Wildman–Crippen MR) is 73.9 cm³/mol. The molecule has 1 rings (SSSR count). The van der Waals surface area contributed by atoms with Crippen LogP contribution in [0.5, 0.6) is 0 Å². The van der Waals surface area contributed by atoms with Crippen molar-refractivity contribution in [3.05, 3.63) is 15.6 Å². The third-order valence-corrected chi connectivity index (χ3v) is 3.95. The largest absolute Gasteiger partial charge is 0.381 e. The molecular weight excluding hydrogens is 248 g/mol. The molecule has 102 valence electrons. The van der Waals surface area contributed by atoms with Crippen LogP contribution in [0.1, 0.15) is 48.3 Å². The molecule has 0 spiro atoms. The Kier molecular flexibility index (Phi) is 6.29. The van der Waals surface area contributed by atoms with Crippen molar-refractivity contribution >= 4 is 17.2 Å². The van der Waals surface area contributed by atoms with Crippen molar-refractivity contribution in [2.75, 3.05) is 13.2 Å². The van der Waals surface area contributed by atoms with Gasteiger partial charge in [-0.15, -0.1) is 11.3 Å². The quantitative estimate of drug-likeness (QED) is 0.775.